The molecule has 3 fully saturated rings. The molecule has 0 aromatic heterocycles. The Morgan fingerprint density at radius 1 is 1.10 bits per heavy atom. The average molecular weight is 689 g/mol. The number of nitrogens with one attached hydrogen (secondary N) is 2. The number of benzene rings is 1. The van der Waals surface area contributed by atoms with E-state index in [1.165, 1.54) is 11.8 Å². The number of ketones is 1. The van der Waals surface area contributed by atoms with Gasteiger partial charge in [-0.3, -0.25) is 9.59 Å². The zero-order valence-electron chi connectivity index (χ0n) is 30.2. The Morgan fingerprint density at radius 2 is 1.83 bits per heavy atom. The third-order valence-corrected chi connectivity index (χ3v) is 12.9. The smallest absolute Gasteiger partial charge is 0.407 e. The van der Waals surface area contributed by atoms with Crippen LogP contribution in [-0.2, 0) is 32.2 Å². The first-order chi connectivity index (χ1) is 22.5. The molecule has 1 aromatic rings. The number of aliphatic hydroxyl groups excluding tert-OH is 1. The van der Waals surface area contributed by atoms with Gasteiger partial charge in [-0.2, -0.15) is 0 Å². The Hall–Kier alpha value is -2.18. The van der Waals surface area contributed by atoms with E-state index in [4.69, 9.17) is 20.9 Å². The number of ether oxygens (including phenoxy) is 2. The molecule has 0 aliphatic heterocycles. The van der Waals surface area contributed by atoms with Gasteiger partial charge < -0.3 is 36.7 Å². The highest BCUT2D eigenvalue weighted by Gasteiger charge is 2.68. The number of Topliss-reactive ketones (excluding diaryl/α,β-unsaturated/α-hetero) is 1. The third-order valence-electron chi connectivity index (χ3n) is 11.8. The molecule has 7 N–H and O–H groups in total. The van der Waals surface area contributed by atoms with Crippen LogP contribution in [0.4, 0.5) is 4.79 Å². The summed E-state index contributed by atoms with van der Waals surface area (Å²) < 4.78 is 11.8. The summed E-state index contributed by atoms with van der Waals surface area (Å²) in [5.41, 5.74) is 11.7. The van der Waals surface area contributed by atoms with E-state index in [-0.39, 0.29) is 40.7 Å². The molecule has 4 rings (SSSR count). The topological polar surface area (TPSA) is 166 Å². The Labute approximate surface area is 291 Å². The Kier molecular flexibility index (Phi) is 12.4. The Morgan fingerprint density at radius 3 is 2.50 bits per heavy atom. The highest BCUT2D eigenvalue weighted by atomic mass is 32.2. The molecular weight excluding hydrogens is 628 g/mol. The van der Waals surface area contributed by atoms with Crippen LogP contribution in [0.15, 0.2) is 23.1 Å². The van der Waals surface area contributed by atoms with Crippen molar-refractivity contribution in [1.29, 1.82) is 0 Å². The second-order valence-corrected chi connectivity index (χ2v) is 17.1. The molecule has 0 saturated heterocycles. The number of esters is 1. The summed E-state index contributed by atoms with van der Waals surface area (Å²) in [4.78, 5) is 40.5. The van der Waals surface area contributed by atoms with E-state index in [0.717, 1.165) is 35.3 Å². The predicted molar refractivity (Wildman–Crippen MR) is 189 cm³/mol. The van der Waals surface area contributed by atoms with Crippen molar-refractivity contribution < 1.29 is 29.0 Å². The van der Waals surface area contributed by atoms with E-state index in [9.17, 15) is 19.5 Å². The number of carbonyl (C=O) groups is 3. The fourth-order valence-corrected chi connectivity index (χ4v) is 9.89. The van der Waals surface area contributed by atoms with Crippen LogP contribution in [0.2, 0.25) is 0 Å². The van der Waals surface area contributed by atoms with E-state index >= 15 is 0 Å². The largest absolute Gasteiger partial charge is 0.461 e. The maximum atomic E-state index is 13.8. The van der Waals surface area contributed by atoms with Gasteiger partial charge in [-0.05, 0) is 93.9 Å². The Balaban J connectivity index is 1.55. The van der Waals surface area contributed by atoms with Crippen LogP contribution in [0.25, 0.3) is 0 Å². The monoisotopic (exact) mass is 688 g/mol. The number of carbonyl (C=O) groups excluding carboxylic acids is 3. The van der Waals surface area contributed by atoms with E-state index in [1.54, 1.807) is 0 Å². The minimum atomic E-state index is -0.710. The number of hydrogen-bond acceptors (Lipinski definition) is 10. The van der Waals surface area contributed by atoms with Crippen molar-refractivity contribution in [3.63, 3.8) is 0 Å². The maximum Gasteiger partial charge on any atom is 0.407 e. The fourth-order valence-electron chi connectivity index (χ4n) is 8.98. The number of rotatable bonds is 12. The van der Waals surface area contributed by atoms with Gasteiger partial charge in [0.2, 0.25) is 0 Å². The number of nitrogens with two attached hydrogens (primary N) is 2. The molecule has 1 aromatic carbocycles. The lowest BCUT2D eigenvalue weighted by molar-refractivity contribution is -0.210. The number of hydrogen-bond donors (Lipinski definition) is 5. The molecule has 0 unspecified atom stereocenters. The molecule has 0 radical (unpaired) electrons. The van der Waals surface area contributed by atoms with Gasteiger partial charge in [0.05, 0.1) is 11.9 Å². The van der Waals surface area contributed by atoms with Crippen molar-refractivity contribution in [3.8, 4) is 0 Å². The first-order valence-electron chi connectivity index (χ1n) is 17.7. The standard InChI is InChI=1S/C37H60N4O6S/c1-23-11-13-37-14-12-27(42)31(37)36(23,7)29(46-30(43)21-48-28-17-25(19-38)9-10-26(28)20-39)18-35(6,32(44)24(37)2)22-40-15-8-16-41-33(45)47-34(3,4)5/h9-10,17,23-24,29,31-32,40,44H,8,11-16,18-22,38-39H2,1-7H3,(H,41,45)/t23-,24+,29-,31+,32+,35-,36+,37+/m1/s1. The average Bonchev–Trinajstić information content (AvgIpc) is 3.38. The van der Waals surface area contributed by atoms with Gasteiger partial charge in [-0.25, -0.2) is 4.79 Å². The summed E-state index contributed by atoms with van der Waals surface area (Å²) in [7, 11) is 0. The van der Waals surface area contributed by atoms with Crippen molar-refractivity contribution in [2.24, 2.45) is 45.5 Å². The minimum Gasteiger partial charge on any atom is -0.461 e. The molecule has 3 aliphatic carbocycles. The van der Waals surface area contributed by atoms with Crippen LogP contribution < -0.4 is 22.1 Å². The van der Waals surface area contributed by atoms with E-state index in [2.05, 4.69) is 38.3 Å². The van der Waals surface area contributed by atoms with E-state index < -0.39 is 34.7 Å². The summed E-state index contributed by atoms with van der Waals surface area (Å²) >= 11 is 1.40. The highest BCUT2D eigenvalue weighted by Crippen LogP contribution is 2.67. The molecule has 1 amide bonds. The normalized spacial score (nSPS) is 33.4. The van der Waals surface area contributed by atoms with Crippen LogP contribution in [-0.4, -0.2) is 66.1 Å². The van der Waals surface area contributed by atoms with Gasteiger partial charge in [0, 0.05) is 54.2 Å². The van der Waals surface area contributed by atoms with Crippen molar-refractivity contribution in [2.45, 2.75) is 123 Å². The van der Waals surface area contributed by atoms with Crippen LogP contribution >= 0.6 is 11.8 Å². The molecule has 270 valence electrons. The first-order valence-corrected chi connectivity index (χ1v) is 18.7. The lowest BCUT2D eigenvalue weighted by Gasteiger charge is -2.62. The fraction of sp³-hybridized carbons (Fsp3) is 0.757. The maximum absolute atomic E-state index is 13.8. The van der Waals surface area contributed by atoms with Gasteiger partial charge >= 0.3 is 12.1 Å². The SMILES string of the molecule is C[C@@H]1CC[C@@]23CCC(=O)[C@H]2[C@]1(C)[C@H](OC(=O)CSc1cc(CN)ccc1CN)C[C@](C)(CNCCCNC(=O)OC(C)(C)C)[C@@H](O)[C@@H]3C. The zero-order chi connectivity index (χ0) is 35.5. The molecule has 2 bridgehead atoms. The van der Waals surface area contributed by atoms with Gasteiger partial charge in [-0.15, -0.1) is 11.8 Å². The molecule has 48 heavy (non-hydrogen) atoms. The van der Waals surface area contributed by atoms with Crippen molar-refractivity contribution in [3.05, 3.63) is 29.3 Å². The van der Waals surface area contributed by atoms with Crippen LogP contribution in [0.1, 0.15) is 98.1 Å². The summed E-state index contributed by atoms with van der Waals surface area (Å²) in [5.74, 6) is -0.211. The minimum absolute atomic E-state index is 0.0990. The quantitative estimate of drug-likeness (QED) is 0.116. The molecule has 8 atom stereocenters. The van der Waals surface area contributed by atoms with E-state index in [0.29, 0.717) is 52.0 Å². The van der Waals surface area contributed by atoms with Gasteiger partial charge in [0.1, 0.15) is 17.5 Å². The summed E-state index contributed by atoms with van der Waals surface area (Å²) in [6.07, 6.45) is 2.46. The molecule has 3 saturated carbocycles. The first kappa shape index (κ1) is 38.6. The molecule has 3 aliphatic rings. The van der Waals surface area contributed by atoms with Crippen molar-refractivity contribution in [2.75, 3.05) is 25.4 Å². The zero-order valence-corrected chi connectivity index (χ0v) is 31.0. The third kappa shape index (κ3) is 8.06. The second-order valence-electron chi connectivity index (χ2n) is 16.1. The molecule has 11 heteroatoms. The molecular formula is C37H60N4O6S. The summed E-state index contributed by atoms with van der Waals surface area (Å²) in [6, 6.07) is 5.89. The number of aliphatic hydroxyl groups is 1. The lowest BCUT2D eigenvalue weighted by Crippen LogP contribution is -2.64. The Bertz CT molecular complexity index is 1320. The van der Waals surface area contributed by atoms with Crippen LogP contribution in [0, 0.1) is 34.0 Å². The molecule has 10 nitrogen and oxygen atoms in total. The number of thioether (sulfide) groups is 1. The van der Waals surface area contributed by atoms with Gasteiger partial charge in [0.25, 0.3) is 0 Å². The highest BCUT2D eigenvalue weighted by molar-refractivity contribution is 8.00. The van der Waals surface area contributed by atoms with Gasteiger partial charge in [0.15, 0.2) is 0 Å². The van der Waals surface area contributed by atoms with Crippen molar-refractivity contribution >= 4 is 29.6 Å². The predicted octanol–water partition coefficient (Wildman–Crippen LogP) is 4.92. The van der Waals surface area contributed by atoms with Crippen molar-refractivity contribution in [1.82, 2.24) is 10.6 Å². The second kappa shape index (κ2) is 15.4. The lowest BCUT2D eigenvalue weighted by atomic mass is 9.44. The molecule has 0 spiro atoms. The number of alkyl carbamates (subject to hydrolysis) is 1. The molecule has 0 heterocycles. The summed E-state index contributed by atoms with van der Waals surface area (Å²) in [5, 5.41) is 18.5. The number of amides is 1. The van der Waals surface area contributed by atoms with E-state index in [1.807, 2.05) is 39.0 Å². The van der Waals surface area contributed by atoms with Crippen LogP contribution in [0.3, 0.4) is 0 Å². The van der Waals surface area contributed by atoms with Crippen LogP contribution in [0.5, 0.6) is 0 Å². The summed E-state index contributed by atoms with van der Waals surface area (Å²) in [6.45, 7) is 16.4. The van der Waals surface area contributed by atoms with Gasteiger partial charge in [-0.1, -0.05) is 39.8 Å².